The zero-order valence-electron chi connectivity index (χ0n) is 15.7. The lowest BCUT2D eigenvalue weighted by molar-refractivity contribution is -0.123. The molecule has 2 aromatic rings. The van der Waals surface area contributed by atoms with E-state index in [4.69, 9.17) is 4.42 Å². The number of amides is 3. The first-order valence-corrected chi connectivity index (χ1v) is 8.86. The fourth-order valence-electron chi connectivity index (χ4n) is 2.55. The van der Waals surface area contributed by atoms with Gasteiger partial charge in [0.25, 0.3) is 11.8 Å². The van der Waals surface area contributed by atoms with Gasteiger partial charge in [0.1, 0.15) is 6.04 Å². The average molecular weight is 371 g/mol. The third-order valence-electron chi connectivity index (χ3n) is 4.08. The highest BCUT2D eigenvalue weighted by molar-refractivity contribution is 5.98. The quantitative estimate of drug-likeness (QED) is 0.617. The van der Waals surface area contributed by atoms with Crippen LogP contribution in [0.15, 0.2) is 47.1 Å². The van der Waals surface area contributed by atoms with Crippen LogP contribution in [0.25, 0.3) is 0 Å². The van der Waals surface area contributed by atoms with Crippen LogP contribution in [-0.4, -0.2) is 36.9 Å². The highest BCUT2D eigenvalue weighted by atomic mass is 16.3. The van der Waals surface area contributed by atoms with Crippen molar-refractivity contribution in [1.82, 2.24) is 16.0 Å². The predicted molar refractivity (Wildman–Crippen MR) is 101 cm³/mol. The summed E-state index contributed by atoms with van der Waals surface area (Å²) in [5.41, 5.74) is 1.39. The molecule has 1 aromatic heterocycles. The maximum Gasteiger partial charge on any atom is 0.287 e. The minimum absolute atomic E-state index is 0.0873. The lowest BCUT2D eigenvalue weighted by Gasteiger charge is -2.22. The van der Waals surface area contributed by atoms with Crippen LogP contribution in [-0.2, 0) is 4.79 Å². The molecule has 0 spiro atoms. The summed E-state index contributed by atoms with van der Waals surface area (Å²) >= 11 is 0. The van der Waals surface area contributed by atoms with Crippen molar-refractivity contribution in [3.8, 4) is 0 Å². The summed E-state index contributed by atoms with van der Waals surface area (Å²) in [6, 6.07) is 9.73. The van der Waals surface area contributed by atoms with Crippen LogP contribution in [0.5, 0.6) is 0 Å². The minimum Gasteiger partial charge on any atom is -0.459 e. The molecule has 7 nitrogen and oxygen atoms in total. The number of furan rings is 1. The van der Waals surface area contributed by atoms with Crippen LogP contribution in [0.4, 0.5) is 0 Å². The topological polar surface area (TPSA) is 100 Å². The number of carbonyl (C=O) groups excluding carboxylic acids is 3. The molecule has 0 aliphatic rings. The van der Waals surface area contributed by atoms with E-state index in [-0.39, 0.29) is 42.5 Å². The molecule has 0 bridgehead atoms. The average Bonchev–Trinajstić information content (AvgIpc) is 3.17. The van der Waals surface area contributed by atoms with E-state index in [0.29, 0.717) is 5.56 Å². The fraction of sp³-hybridized carbons (Fsp3) is 0.350. The van der Waals surface area contributed by atoms with Crippen molar-refractivity contribution in [3.05, 3.63) is 59.5 Å². The fourth-order valence-corrected chi connectivity index (χ4v) is 2.55. The van der Waals surface area contributed by atoms with Crippen molar-refractivity contribution in [2.75, 3.05) is 13.1 Å². The number of rotatable bonds is 8. The number of hydrogen-bond acceptors (Lipinski definition) is 4. The molecule has 0 fully saturated rings. The van der Waals surface area contributed by atoms with Crippen molar-refractivity contribution in [1.29, 1.82) is 0 Å². The van der Waals surface area contributed by atoms with E-state index in [0.717, 1.165) is 5.56 Å². The van der Waals surface area contributed by atoms with Gasteiger partial charge in [-0.2, -0.15) is 0 Å². The largest absolute Gasteiger partial charge is 0.459 e. The molecule has 0 saturated carbocycles. The summed E-state index contributed by atoms with van der Waals surface area (Å²) in [6.07, 6.45) is 1.42. The van der Waals surface area contributed by atoms with Gasteiger partial charge in [-0.3, -0.25) is 14.4 Å². The molecule has 1 atom stereocenters. The predicted octanol–water partition coefficient (Wildman–Crippen LogP) is 1.89. The van der Waals surface area contributed by atoms with Crippen LogP contribution in [0, 0.1) is 12.8 Å². The molecule has 3 amide bonds. The van der Waals surface area contributed by atoms with Crippen LogP contribution < -0.4 is 16.0 Å². The van der Waals surface area contributed by atoms with Gasteiger partial charge < -0.3 is 20.4 Å². The smallest absolute Gasteiger partial charge is 0.287 e. The Morgan fingerprint density at radius 3 is 2.30 bits per heavy atom. The molecule has 1 heterocycles. The number of benzene rings is 1. The first kappa shape index (κ1) is 20.2. The Bertz CT molecular complexity index is 784. The summed E-state index contributed by atoms with van der Waals surface area (Å²) < 4.78 is 4.99. The molecule has 2 rings (SSSR count). The van der Waals surface area contributed by atoms with Crippen LogP contribution >= 0.6 is 0 Å². The standard InChI is InChI=1S/C20H25N3O4/c1-13(2)17(23-18(24)15-8-5-4-7-14(15)3)20(26)22-11-10-21-19(25)16-9-6-12-27-16/h4-9,12-13,17H,10-11H2,1-3H3,(H,21,25)(H,22,26)(H,23,24)/t17-/m1/s1. The molecule has 3 N–H and O–H groups in total. The van der Waals surface area contributed by atoms with Gasteiger partial charge in [0.2, 0.25) is 5.91 Å². The van der Waals surface area contributed by atoms with Crippen LogP contribution in [0.2, 0.25) is 0 Å². The van der Waals surface area contributed by atoms with Gasteiger partial charge in [-0.1, -0.05) is 32.0 Å². The molecule has 0 saturated heterocycles. The number of nitrogens with one attached hydrogen (secondary N) is 3. The third-order valence-corrected chi connectivity index (χ3v) is 4.08. The van der Waals surface area contributed by atoms with Gasteiger partial charge in [-0.05, 0) is 36.6 Å². The van der Waals surface area contributed by atoms with Gasteiger partial charge in [0.05, 0.1) is 6.26 Å². The third kappa shape index (κ3) is 5.70. The molecular weight excluding hydrogens is 346 g/mol. The molecule has 0 aliphatic carbocycles. The monoisotopic (exact) mass is 371 g/mol. The van der Waals surface area contributed by atoms with E-state index in [9.17, 15) is 14.4 Å². The van der Waals surface area contributed by atoms with E-state index in [1.54, 1.807) is 24.3 Å². The first-order chi connectivity index (χ1) is 12.9. The van der Waals surface area contributed by atoms with Crippen molar-refractivity contribution in [2.45, 2.75) is 26.8 Å². The maximum absolute atomic E-state index is 12.5. The Hall–Kier alpha value is -3.09. The highest BCUT2D eigenvalue weighted by Crippen LogP contribution is 2.09. The molecule has 0 unspecified atom stereocenters. The summed E-state index contributed by atoms with van der Waals surface area (Å²) in [5, 5.41) is 8.18. The van der Waals surface area contributed by atoms with Crippen molar-refractivity contribution >= 4 is 17.7 Å². The normalized spacial score (nSPS) is 11.7. The van der Waals surface area contributed by atoms with Gasteiger partial charge in [-0.25, -0.2) is 0 Å². The van der Waals surface area contributed by atoms with Gasteiger partial charge in [0, 0.05) is 18.7 Å². The van der Waals surface area contributed by atoms with E-state index in [1.807, 2.05) is 32.9 Å². The Kier molecular flexibility index (Phi) is 7.16. The highest BCUT2D eigenvalue weighted by Gasteiger charge is 2.24. The van der Waals surface area contributed by atoms with E-state index in [2.05, 4.69) is 16.0 Å². The zero-order chi connectivity index (χ0) is 19.8. The minimum atomic E-state index is -0.669. The lowest BCUT2D eigenvalue weighted by atomic mass is 10.0. The zero-order valence-corrected chi connectivity index (χ0v) is 15.7. The van der Waals surface area contributed by atoms with Crippen LogP contribution in [0.3, 0.4) is 0 Å². The Morgan fingerprint density at radius 2 is 1.67 bits per heavy atom. The molecule has 7 heteroatoms. The Balaban J connectivity index is 1.84. The van der Waals surface area contributed by atoms with Gasteiger partial charge in [-0.15, -0.1) is 0 Å². The molecule has 27 heavy (non-hydrogen) atoms. The van der Waals surface area contributed by atoms with E-state index in [1.165, 1.54) is 6.26 Å². The number of aryl methyl sites for hydroxylation is 1. The van der Waals surface area contributed by atoms with E-state index < -0.39 is 6.04 Å². The molecule has 0 radical (unpaired) electrons. The van der Waals surface area contributed by atoms with Crippen molar-refractivity contribution in [2.24, 2.45) is 5.92 Å². The van der Waals surface area contributed by atoms with Crippen molar-refractivity contribution in [3.63, 3.8) is 0 Å². The lowest BCUT2D eigenvalue weighted by Crippen LogP contribution is -2.51. The Morgan fingerprint density at radius 1 is 0.963 bits per heavy atom. The van der Waals surface area contributed by atoms with Gasteiger partial charge >= 0.3 is 0 Å². The summed E-state index contributed by atoms with van der Waals surface area (Å²) in [5.74, 6) is -0.794. The summed E-state index contributed by atoms with van der Waals surface area (Å²) in [7, 11) is 0. The number of carbonyl (C=O) groups is 3. The molecule has 144 valence electrons. The number of hydrogen-bond donors (Lipinski definition) is 3. The van der Waals surface area contributed by atoms with Crippen LogP contribution in [0.1, 0.15) is 40.3 Å². The molecule has 0 aliphatic heterocycles. The van der Waals surface area contributed by atoms with E-state index >= 15 is 0 Å². The second-order valence-electron chi connectivity index (χ2n) is 6.53. The second kappa shape index (κ2) is 9.56. The molecular formula is C20H25N3O4. The molecule has 1 aromatic carbocycles. The van der Waals surface area contributed by atoms with Crippen molar-refractivity contribution < 1.29 is 18.8 Å². The second-order valence-corrected chi connectivity index (χ2v) is 6.53. The summed E-state index contributed by atoms with van der Waals surface area (Å²) in [6.45, 7) is 6.07. The SMILES string of the molecule is Cc1ccccc1C(=O)N[C@@H](C(=O)NCCNC(=O)c1ccco1)C(C)C. The maximum atomic E-state index is 12.5. The summed E-state index contributed by atoms with van der Waals surface area (Å²) in [4.78, 5) is 36.7. The first-order valence-electron chi connectivity index (χ1n) is 8.86. The Labute approximate surface area is 158 Å². The van der Waals surface area contributed by atoms with Gasteiger partial charge in [0.15, 0.2) is 5.76 Å².